The number of aromatic nitrogens is 2. The molecule has 0 saturated carbocycles. The van der Waals surface area contributed by atoms with E-state index in [0.717, 1.165) is 29.0 Å². The smallest absolute Gasteiger partial charge is 0.128 e. The molecule has 1 aromatic carbocycles. The number of hydrogen-bond acceptors (Lipinski definition) is 2. The van der Waals surface area contributed by atoms with Crippen LogP contribution in [-0.4, -0.2) is 9.55 Å². The van der Waals surface area contributed by atoms with E-state index in [9.17, 15) is 0 Å². The fourth-order valence-corrected chi connectivity index (χ4v) is 2.24. The van der Waals surface area contributed by atoms with Crippen LogP contribution in [0.2, 0.25) is 5.02 Å². The molecule has 0 aliphatic rings. The van der Waals surface area contributed by atoms with Gasteiger partial charge in [0.25, 0.3) is 0 Å². The van der Waals surface area contributed by atoms with Gasteiger partial charge in [0.2, 0.25) is 0 Å². The van der Waals surface area contributed by atoms with Crippen molar-refractivity contribution in [1.82, 2.24) is 9.55 Å². The van der Waals surface area contributed by atoms with Gasteiger partial charge in [0, 0.05) is 29.1 Å². The standard InChI is InChI=1S/C13H15BrClN3/c1-2-6-18-7-5-16-13(18)9-17-10-3-4-12(15)11(14)8-10/h3-5,7-8,17H,2,6,9H2,1H3. The third kappa shape index (κ3) is 3.27. The molecule has 0 spiro atoms. The van der Waals surface area contributed by atoms with Crippen LogP contribution in [0, 0.1) is 0 Å². The number of benzene rings is 1. The summed E-state index contributed by atoms with van der Waals surface area (Å²) in [5.74, 6) is 1.04. The van der Waals surface area contributed by atoms with Gasteiger partial charge in [-0.25, -0.2) is 4.98 Å². The molecule has 96 valence electrons. The van der Waals surface area contributed by atoms with Gasteiger partial charge in [-0.2, -0.15) is 0 Å². The minimum Gasteiger partial charge on any atom is -0.378 e. The van der Waals surface area contributed by atoms with E-state index in [4.69, 9.17) is 11.6 Å². The average molecular weight is 329 g/mol. The van der Waals surface area contributed by atoms with Crippen LogP contribution in [0.3, 0.4) is 0 Å². The lowest BCUT2D eigenvalue weighted by Crippen LogP contribution is -2.08. The van der Waals surface area contributed by atoms with Crippen molar-refractivity contribution in [2.24, 2.45) is 0 Å². The zero-order valence-corrected chi connectivity index (χ0v) is 12.5. The first-order chi connectivity index (χ1) is 8.70. The Labute approximate surface area is 120 Å². The zero-order chi connectivity index (χ0) is 13.0. The van der Waals surface area contributed by atoms with Gasteiger partial charge in [-0.3, -0.25) is 0 Å². The highest BCUT2D eigenvalue weighted by Gasteiger charge is 2.03. The minimum atomic E-state index is 0.709. The average Bonchev–Trinajstić information content (AvgIpc) is 2.79. The molecule has 0 amide bonds. The van der Waals surface area contributed by atoms with Gasteiger partial charge in [0.1, 0.15) is 5.82 Å². The van der Waals surface area contributed by atoms with Gasteiger partial charge < -0.3 is 9.88 Å². The number of aryl methyl sites for hydroxylation is 1. The molecule has 0 bridgehead atoms. The highest BCUT2D eigenvalue weighted by atomic mass is 79.9. The molecule has 18 heavy (non-hydrogen) atoms. The van der Waals surface area contributed by atoms with Crippen molar-refractivity contribution < 1.29 is 0 Å². The summed E-state index contributed by atoms with van der Waals surface area (Å²) in [5.41, 5.74) is 1.03. The summed E-state index contributed by atoms with van der Waals surface area (Å²) in [4.78, 5) is 4.35. The first kappa shape index (κ1) is 13.4. The maximum absolute atomic E-state index is 5.96. The largest absolute Gasteiger partial charge is 0.378 e. The van der Waals surface area contributed by atoms with Crippen LogP contribution in [0.4, 0.5) is 5.69 Å². The molecule has 0 saturated heterocycles. The summed E-state index contributed by atoms with van der Waals surface area (Å²) in [6, 6.07) is 5.79. The predicted octanol–water partition coefficient (Wildman–Crippen LogP) is 4.32. The first-order valence-corrected chi connectivity index (χ1v) is 7.06. The number of rotatable bonds is 5. The number of hydrogen-bond donors (Lipinski definition) is 1. The van der Waals surface area contributed by atoms with Crippen molar-refractivity contribution in [2.75, 3.05) is 5.32 Å². The first-order valence-electron chi connectivity index (χ1n) is 5.89. The molecule has 5 heteroatoms. The topological polar surface area (TPSA) is 29.9 Å². The SMILES string of the molecule is CCCn1ccnc1CNc1ccc(Cl)c(Br)c1. The van der Waals surface area contributed by atoms with Crippen molar-refractivity contribution in [3.05, 3.63) is 45.9 Å². The van der Waals surface area contributed by atoms with Crippen LogP contribution < -0.4 is 5.32 Å². The van der Waals surface area contributed by atoms with Crippen LogP contribution in [0.5, 0.6) is 0 Å². The third-order valence-electron chi connectivity index (χ3n) is 2.64. The molecule has 0 aliphatic heterocycles. The summed E-state index contributed by atoms with van der Waals surface area (Å²) in [6.45, 7) is 3.87. The lowest BCUT2D eigenvalue weighted by molar-refractivity contribution is 0.644. The number of imidazole rings is 1. The second kappa shape index (κ2) is 6.25. The zero-order valence-electron chi connectivity index (χ0n) is 10.2. The van der Waals surface area contributed by atoms with E-state index in [1.807, 2.05) is 30.6 Å². The van der Waals surface area contributed by atoms with Gasteiger partial charge in [0.05, 0.1) is 11.6 Å². The fourth-order valence-electron chi connectivity index (χ4n) is 1.74. The Bertz CT molecular complexity index is 525. The molecule has 2 rings (SSSR count). The molecule has 2 aromatic rings. The summed E-state index contributed by atoms with van der Waals surface area (Å²) in [6.07, 6.45) is 4.96. The summed E-state index contributed by atoms with van der Waals surface area (Å²) < 4.78 is 3.06. The van der Waals surface area contributed by atoms with Crippen LogP contribution in [0.15, 0.2) is 35.1 Å². The maximum atomic E-state index is 5.96. The van der Waals surface area contributed by atoms with Crippen LogP contribution in [-0.2, 0) is 13.1 Å². The monoisotopic (exact) mass is 327 g/mol. The van der Waals surface area contributed by atoms with Gasteiger partial charge in [-0.1, -0.05) is 18.5 Å². The quantitative estimate of drug-likeness (QED) is 0.886. The van der Waals surface area contributed by atoms with E-state index in [2.05, 4.69) is 37.7 Å². The van der Waals surface area contributed by atoms with E-state index in [1.54, 1.807) is 0 Å². The van der Waals surface area contributed by atoms with Crippen molar-refractivity contribution in [3.8, 4) is 0 Å². The molecule has 1 N–H and O–H groups in total. The molecule has 0 fully saturated rings. The molecule has 0 radical (unpaired) electrons. The van der Waals surface area contributed by atoms with Gasteiger partial charge in [0.15, 0.2) is 0 Å². The van der Waals surface area contributed by atoms with E-state index in [1.165, 1.54) is 0 Å². The second-order valence-electron chi connectivity index (χ2n) is 4.02. The van der Waals surface area contributed by atoms with Crippen LogP contribution in [0.1, 0.15) is 19.2 Å². The lowest BCUT2D eigenvalue weighted by Gasteiger charge is -2.09. The van der Waals surface area contributed by atoms with Gasteiger partial charge >= 0.3 is 0 Å². The van der Waals surface area contributed by atoms with Crippen LogP contribution >= 0.6 is 27.5 Å². The van der Waals surface area contributed by atoms with E-state index >= 15 is 0 Å². The Morgan fingerprint density at radius 2 is 2.28 bits per heavy atom. The van der Waals surface area contributed by atoms with Gasteiger partial charge in [-0.05, 0) is 40.5 Å². The number of halogens is 2. The molecule has 1 heterocycles. The minimum absolute atomic E-state index is 0.709. The summed E-state index contributed by atoms with van der Waals surface area (Å²) in [5, 5.41) is 4.06. The third-order valence-corrected chi connectivity index (χ3v) is 3.85. The second-order valence-corrected chi connectivity index (χ2v) is 5.28. The van der Waals surface area contributed by atoms with Crippen molar-refractivity contribution in [3.63, 3.8) is 0 Å². The van der Waals surface area contributed by atoms with E-state index in [0.29, 0.717) is 11.6 Å². The summed E-state index contributed by atoms with van der Waals surface area (Å²) >= 11 is 9.37. The number of anilines is 1. The fraction of sp³-hybridized carbons (Fsp3) is 0.308. The molecule has 3 nitrogen and oxygen atoms in total. The van der Waals surface area contributed by atoms with Crippen molar-refractivity contribution in [2.45, 2.75) is 26.4 Å². The Kier molecular flexibility index (Phi) is 4.66. The molecule has 0 atom stereocenters. The van der Waals surface area contributed by atoms with Gasteiger partial charge in [-0.15, -0.1) is 0 Å². The van der Waals surface area contributed by atoms with E-state index in [-0.39, 0.29) is 0 Å². The Hall–Kier alpha value is -1.000. The Balaban J connectivity index is 2.02. The number of nitrogens with one attached hydrogen (secondary N) is 1. The predicted molar refractivity (Wildman–Crippen MR) is 79.0 cm³/mol. The maximum Gasteiger partial charge on any atom is 0.128 e. The molecule has 0 unspecified atom stereocenters. The Morgan fingerprint density at radius 3 is 3.00 bits per heavy atom. The highest BCUT2D eigenvalue weighted by Crippen LogP contribution is 2.25. The van der Waals surface area contributed by atoms with Crippen molar-refractivity contribution in [1.29, 1.82) is 0 Å². The Morgan fingerprint density at radius 1 is 1.44 bits per heavy atom. The van der Waals surface area contributed by atoms with E-state index < -0.39 is 0 Å². The molecular formula is C13H15BrClN3. The van der Waals surface area contributed by atoms with Crippen molar-refractivity contribution >= 4 is 33.2 Å². The molecular weight excluding hydrogens is 314 g/mol. The molecule has 0 aliphatic carbocycles. The summed E-state index contributed by atoms with van der Waals surface area (Å²) in [7, 11) is 0. The lowest BCUT2D eigenvalue weighted by atomic mass is 10.3. The molecule has 1 aromatic heterocycles. The normalized spacial score (nSPS) is 10.6. The number of nitrogens with zero attached hydrogens (tertiary/aromatic N) is 2. The van der Waals surface area contributed by atoms with Crippen LogP contribution in [0.25, 0.3) is 0 Å². The highest BCUT2D eigenvalue weighted by molar-refractivity contribution is 9.10.